The smallest absolute Gasteiger partial charge is 0.00954 e. The topological polar surface area (TPSA) is 12.0 Å². The van der Waals surface area contributed by atoms with Crippen molar-refractivity contribution in [2.24, 2.45) is 11.8 Å². The highest BCUT2D eigenvalue weighted by atomic mass is 14.9. The fourth-order valence-corrected chi connectivity index (χ4v) is 4.01. The Kier molecular flexibility index (Phi) is 7.29. The minimum absolute atomic E-state index is 0.744. The number of nitrogens with one attached hydrogen (secondary N) is 1. The van der Waals surface area contributed by atoms with Crippen molar-refractivity contribution in [3.05, 3.63) is 35.9 Å². The summed E-state index contributed by atoms with van der Waals surface area (Å²) in [6, 6.07) is 11.7. The van der Waals surface area contributed by atoms with E-state index in [9.17, 15) is 0 Å². The van der Waals surface area contributed by atoms with Gasteiger partial charge in [0.15, 0.2) is 0 Å². The van der Waals surface area contributed by atoms with Gasteiger partial charge in [0.2, 0.25) is 0 Å². The molecule has 0 amide bonds. The number of aryl methyl sites for hydroxylation is 1. The van der Waals surface area contributed by atoms with Gasteiger partial charge in [0.1, 0.15) is 0 Å². The molecule has 1 N–H and O–H groups in total. The lowest BCUT2D eigenvalue weighted by Gasteiger charge is -2.35. The van der Waals surface area contributed by atoms with Crippen molar-refractivity contribution in [2.45, 2.75) is 71.3 Å². The predicted molar refractivity (Wildman–Crippen MR) is 92.6 cm³/mol. The van der Waals surface area contributed by atoms with Crippen molar-refractivity contribution in [1.29, 1.82) is 0 Å². The maximum atomic E-state index is 3.78. The van der Waals surface area contributed by atoms with Gasteiger partial charge in [0.05, 0.1) is 0 Å². The zero-order chi connectivity index (χ0) is 14.9. The summed E-state index contributed by atoms with van der Waals surface area (Å²) in [5.41, 5.74) is 1.49. The van der Waals surface area contributed by atoms with Crippen LogP contribution in [-0.2, 0) is 6.42 Å². The van der Waals surface area contributed by atoms with Crippen molar-refractivity contribution in [2.75, 3.05) is 6.54 Å². The fraction of sp³-hybridized carbons (Fsp3) is 0.700. The van der Waals surface area contributed by atoms with Crippen LogP contribution in [0.3, 0.4) is 0 Å². The first-order chi connectivity index (χ1) is 10.3. The molecule has 0 heterocycles. The molecule has 1 heteroatoms. The normalized spacial score (nSPS) is 23.9. The van der Waals surface area contributed by atoms with Crippen LogP contribution in [0.15, 0.2) is 30.3 Å². The number of benzene rings is 1. The third-order valence-corrected chi connectivity index (χ3v) is 5.26. The van der Waals surface area contributed by atoms with Crippen LogP contribution in [-0.4, -0.2) is 12.6 Å². The first kappa shape index (κ1) is 16.5. The van der Waals surface area contributed by atoms with E-state index in [-0.39, 0.29) is 0 Å². The molecular formula is C20H33N. The summed E-state index contributed by atoms with van der Waals surface area (Å²) in [5, 5.41) is 3.78. The average Bonchev–Trinajstić information content (AvgIpc) is 2.55. The average molecular weight is 287 g/mol. The van der Waals surface area contributed by atoms with Gasteiger partial charge >= 0.3 is 0 Å². The van der Waals surface area contributed by atoms with Gasteiger partial charge in [0.25, 0.3) is 0 Å². The Balaban J connectivity index is 1.81. The van der Waals surface area contributed by atoms with Gasteiger partial charge in [-0.1, -0.05) is 63.4 Å². The van der Waals surface area contributed by atoms with Crippen molar-refractivity contribution >= 4 is 0 Å². The highest BCUT2D eigenvalue weighted by Crippen LogP contribution is 2.34. The van der Waals surface area contributed by atoms with Crippen LogP contribution in [0.25, 0.3) is 0 Å². The summed E-state index contributed by atoms with van der Waals surface area (Å²) in [6.07, 6.45) is 11.1. The first-order valence-corrected chi connectivity index (χ1v) is 9.10. The summed E-state index contributed by atoms with van der Waals surface area (Å²) in [4.78, 5) is 0. The maximum Gasteiger partial charge on any atom is 0.00954 e. The molecule has 3 unspecified atom stereocenters. The van der Waals surface area contributed by atoms with Crippen molar-refractivity contribution in [3.63, 3.8) is 0 Å². The van der Waals surface area contributed by atoms with E-state index in [1.54, 1.807) is 0 Å². The zero-order valence-electron chi connectivity index (χ0n) is 14.0. The van der Waals surface area contributed by atoms with E-state index in [4.69, 9.17) is 0 Å². The fourth-order valence-electron chi connectivity index (χ4n) is 4.01. The summed E-state index contributed by atoms with van der Waals surface area (Å²) in [7, 11) is 0. The van der Waals surface area contributed by atoms with Crippen molar-refractivity contribution in [3.8, 4) is 0 Å². The van der Waals surface area contributed by atoms with E-state index in [1.807, 2.05) is 0 Å². The lowest BCUT2D eigenvalue weighted by atomic mass is 9.75. The monoisotopic (exact) mass is 287 g/mol. The molecule has 1 aliphatic rings. The molecule has 0 radical (unpaired) electrons. The van der Waals surface area contributed by atoms with Crippen LogP contribution < -0.4 is 5.32 Å². The van der Waals surface area contributed by atoms with E-state index in [1.165, 1.54) is 56.9 Å². The molecule has 1 aromatic carbocycles. The number of hydrogen-bond donors (Lipinski definition) is 1. The highest BCUT2D eigenvalue weighted by Gasteiger charge is 2.26. The molecule has 0 aliphatic heterocycles. The van der Waals surface area contributed by atoms with Crippen LogP contribution in [0, 0.1) is 11.8 Å². The molecule has 0 bridgehead atoms. The molecule has 21 heavy (non-hydrogen) atoms. The molecule has 0 spiro atoms. The lowest BCUT2D eigenvalue weighted by molar-refractivity contribution is 0.201. The summed E-state index contributed by atoms with van der Waals surface area (Å²) in [6.45, 7) is 5.73. The Hall–Kier alpha value is -0.820. The van der Waals surface area contributed by atoms with Gasteiger partial charge < -0.3 is 5.32 Å². The van der Waals surface area contributed by atoms with Gasteiger partial charge in [-0.05, 0) is 56.0 Å². The molecule has 0 aromatic heterocycles. The van der Waals surface area contributed by atoms with Crippen LogP contribution in [0.4, 0.5) is 0 Å². The van der Waals surface area contributed by atoms with E-state index in [2.05, 4.69) is 49.5 Å². The van der Waals surface area contributed by atoms with Gasteiger partial charge in [-0.2, -0.15) is 0 Å². The van der Waals surface area contributed by atoms with Gasteiger partial charge in [-0.3, -0.25) is 0 Å². The van der Waals surface area contributed by atoms with Gasteiger partial charge in [0, 0.05) is 6.04 Å². The molecule has 2 rings (SSSR count). The van der Waals surface area contributed by atoms with Gasteiger partial charge in [-0.25, -0.2) is 0 Å². The second-order valence-electron chi connectivity index (χ2n) is 6.74. The SMILES string of the molecule is CCNC(CCCc1ccccc1)C1CCCC(CC)C1. The molecule has 118 valence electrons. The lowest BCUT2D eigenvalue weighted by Crippen LogP contribution is -2.38. The largest absolute Gasteiger partial charge is 0.314 e. The molecule has 1 aromatic rings. The Morgan fingerprint density at radius 2 is 1.95 bits per heavy atom. The van der Waals surface area contributed by atoms with Crippen LogP contribution in [0.1, 0.15) is 64.4 Å². The van der Waals surface area contributed by atoms with E-state index in [0.717, 1.165) is 24.4 Å². The zero-order valence-corrected chi connectivity index (χ0v) is 14.0. The quantitative estimate of drug-likeness (QED) is 0.692. The van der Waals surface area contributed by atoms with E-state index in [0.29, 0.717) is 0 Å². The van der Waals surface area contributed by atoms with Gasteiger partial charge in [-0.15, -0.1) is 0 Å². The Morgan fingerprint density at radius 1 is 1.14 bits per heavy atom. The molecule has 0 saturated heterocycles. The Morgan fingerprint density at radius 3 is 2.67 bits per heavy atom. The predicted octanol–water partition coefficient (Wildman–Crippen LogP) is 5.20. The molecule has 1 fully saturated rings. The van der Waals surface area contributed by atoms with Crippen LogP contribution >= 0.6 is 0 Å². The molecule has 1 aliphatic carbocycles. The van der Waals surface area contributed by atoms with Crippen LogP contribution in [0.5, 0.6) is 0 Å². The van der Waals surface area contributed by atoms with Crippen LogP contribution in [0.2, 0.25) is 0 Å². The minimum Gasteiger partial charge on any atom is -0.314 e. The van der Waals surface area contributed by atoms with E-state index >= 15 is 0 Å². The minimum atomic E-state index is 0.744. The number of hydrogen-bond acceptors (Lipinski definition) is 1. The van der Waals surface area contributed by atoms with E-state index < -0.39 is 0 Å². The summed E-state index contributed by atoms with van der Waals surface area (Å²) < 4.78 is 0. The third-order valence-electron chi connectivity index (χ3n) is 5.26. The Bertz CT molecular complexity index is 373. The van der Waals surface area contributed by atoms with Crippen molar-refractivity contribution in [1.82, 2.24) is 5.32 Å². The first-order valence-electron chi connectivity index (χ1n) is 9.10. The highest BCUT2D eigenvalue weighted by molar-refractivity contribution is 5.14. The molecule has 1 nitrogen and oxygen atoms in total. The summed E-state index contributed by atoms with van der Waals surface area (Å²) >= 11 is 0. The standard InChI is InChI=1S/C20H33N/c1-3-17-12-8-14-19(16-17)20(21-4-2)15-9-13-18-10-6-5-7-11-18/h5-7,10-11,17,19-21H,3-4,8-9,12-16H2,1-2H3. The second kappa shape index (κ2) is 9.25. The third kappa shape index (κ3) is 5.47. The molecular weight excluding hydrogens is 254 g/mol. The summed E-state index contributed by atoms with van der Waals surface area (Å²) in [5.74, 6) is 1.90. The molecule has 1 saturated carbocycles. The number of rotatable bonds is 8. The maximum absolute atomic E-state index is 3.78. The van der Waals surface area contributed by atoms with Crippen molar-refractivity contribution < 1.29 is 0 Å². The molecule has 3 atom stereocenters. The Labute approximate surface area is 131 Å². The second-order valence-corrected chi connectivity index (χ2v) is 6.74.